The Hall–Kier alpha value is -3.79. The normalized spacial score (nSPS) is 30.1. The summed E-state index contributed by atoms with van der Waals surface area (Å²) in [5.41, 5.74) is 2.62. The zero-order valence-corrected chi connectivity index (χ0v) is 24.8. The molecule has 2 unspecified atom stereocenters. The highest BCUT2D eigenvalue weighted by molar-refractivity contribution is 6.03. The van der Waals surface area contributed by atoms with Crippen molar-refractivity contribution >= 4 is 23.7 Å². The number of benzene rings is 2. The summed E-state index contributed by atoms with van der Waals surface area (Å²) >= 11 is 0. The van der Waals surface area contributed by atoms with E-state index in [1.807, 2.05) is 37.3 Å². The van der Waals surface area contributed by atoms with Gasteiger partial charge in [0.1, 0.15) is 18.5 Å². The minimum Gasteiger partial charge on any atom is -0.463 e. The number of Topliss-reactive ketones (excluding diaryl/α,β-unsaturated/α-hetero) is 1. The number of hydrogen-bond donors (Lipinski definition) is 0. The van der Waals surface area contributed by atoms with E-state index >= 15 is 4.39 Å². The predicted molar refractivity (Wildman–Crippen MR) is 149 cm³/mol. The van der Waals surface area contributed by atoms with E-state index in [4.69, 9.17) is 23.7 Å². The molecule has 10 heteroatoms. The fraction of sp³-hybridized carbons (Fsp3) is 0.500. The van der Waals surface area contributed by atoms with Crippen LogP contribution < -0.4 is 4.74 Å². The van der Waals surface area contributed by atoms with Crippen LogP contribution in [0.5, 0.6) is 5.75 Å². The van der Waals surface area contributed by atoms with Gasteiger partial charge in [-0.25, -0.2) is 4.39 Å². The van der Waals surface area contributed by atoms with Crippen LogP contribution in [0.4, 0.5) is 4.39 Å². The van der Waals surface area contributed by atoms with Gasteiger partial charge in [0.15, 0.2) is 18.0 Å². The number of rotatable bonds is 9. The summed E-state index contributed by atoms with van der Waals surface area (Å²) in [5, 5.41) is 0. The Morgan fingerprint density at radius 1 is 0.881 bits per heavy atom. The number of ether oxygens (including phenoxy) is 5. The smallest absolute Gasteiger partial charge is 0.303 e. The molecule has 2 fully saturated rings. The van der Waals surface area contributed by atoms with Crippen LogP contribution in [0.25, 0.3) is 11.1 Å². The van der Waals surface area contributed by atoms with E-state index in [-0.39, 0.29) is 17.8 Å². The lowest BCUT2D eigenvalue weighted by Crippen LogP contribution is -2.61. The Bertz CT molecular complexity index is 1360. The number of esters is 3. The van der Waals surface area contributed by atoms with Crippen molar-refractivity contribution in [3.63, 3.8) is 0 Å². The van der Waals surface area contributed by atoms with Gasteiger partial charge in [0.25, 0.3) is 0 Å². The van der Waals surface area contributed by atoms with Gasteiger partial charge in [0.2, 0.25) is 12.5 Å². The Balaban J connectivity index is 1.57. The van der Waals surface area contributed by atoms with Crippen molar-refractivity contribution in [1.82, 2.24) is 0 Å². The standard InChI is InChI=1S/C32H37FO9/c1-16-13-23(22-9-8-10-24(14-22)30(37)32(7)17(2)18(32)3)11-12-25(16)41-31-27(33)29(40-21(6)36)28(39-20(5)35)26(42-31)15-38-19(4)34/h8-14,17-18,26-29,31H,15H2,1-7H3/t17?,18?,26-,27+,28-,29-,31+,32?/m1/s1. The first kappa shape index (κ1) is 31.2. The predicted octanol–water partition coefficient (Wildman–Crippen LogP) is 5.01. The Morgan fingerprint density at radius 2 is 1.50 bits per heavy atom. The van der Waals surface area contributed by atoms with Gasteiger partial charge in [-0.15, -0.1) is 0 Å². The van der Waals surface area contributed by atoms with E-state index in [2.05, 4.69) is 13.8 Å². The Labute approximate surface area is 244 Å². The van der Waals surface area contributed by atoms with Crippen molar-refractivity contribution in [2.24, 2.45) is 17.3 Å². The van der Waals surface area contributed by atoms with Gasteiger partial charge in [-0.1, -0.05) is 45.0 Å². The average Bonchev–Trinajstić information content (AvgIpc) is 3.43. The highest BCUT2D eigenvalue weighted by Gasteiger charge is 2.60. The molecule has 1 aliphatic heterocycles. The van der Waals surface area contributed by atoms with E-state index in [1.165, 1.54) is 6.92 Å². The van der Waals surface area contributed by atoms with Crippen LogP contribution in [0.2, 0.25) is 0 Å². The van der Waals surface area contributed by atoms with E-state index in [0.29, 0.717) is 28.7 Å². The lowest BCUT2D eigenvalue weighted by Gasteiger charge is -2.41. The molecule has 42 heavy (non-hydrogen) atoms. The number of ketones is 1. The fourth-order valence-electron chi connectivity index (χ4n) is 5.59. The average molecular weight is 585 g/mol. The van der Waals surface area contributed by atoms with Crippen molar-refractivity contribution < 1.29 is 47.3 Å². The number of alkyl halides is 1. The molecular formula is C32H37FO9. The van der Waals surface area contributed by atoms with Crippen molar-refractivity contribution in [3.05, 3.63) is 53.6 Å². The Morgan fingerprint density at radius 3 is 2.07 bits per heavy atom. The summed E-state index contributed by atoms with van der Waals surface area (Å²) in [7, 11) is 0. The minimum absolute atomic E-state index is 0.127. The summed E-state index contributed by atoms with van der Waals surface area (Å²) in [6.07, 6.45) is -7.72. The molecule has 2 aromatic carbocycles. The van der Waals surface area contributed by atoms with Crippen molar-refractivity contribution in [2.45, 2.75) is 79.2 Å². The fourth-order valence-corrected chi connectivity index (χ4v) is 5.59. The van der Waals surface area contributed by atoms with Crippen molar-refractivity contribution in [2.75, 3.05) is 6.61 Å². The molecule has 2 aromatic rings. The van der Waals surface area contributed by atoms with Crippen LogP contribution in [0, 0.1) is 24.2 Å². The van der Waals surface area contributed by atoms with Gasteiger partial charge < -0.3 is 23.7 Å². The summed E-state index contributed by atoms with van der Waals surface area (Å²) in [4.78, 5) is 48.2. The SMILES string of the molecule is CC(=O)OC[C@H]1O[C@H](Oc2ccc(-c3cccc(C(=O)C4(C)C(C)C4C)c3)cc2C)[C@@H](F)[C@@H](OC(C)=O)[C@@H]1OC(C)=O. The number of carbonyl (C=O) groups excluding carboxylic acids is 4. The van der Waals surface area contributed by atoms with Gasteiger partial charge >= 0.3 is 17.9 Å². The largest absolute Gasteiger partial charge is 0.463 e. The molecule has 1 saturated carbocycles. The molecule has 0 N–H and O–H groups in total. The molecule has 0 radical (unpaired) electrons. The zero-order valence-electron chi connectivity index (χ0n) is 24.8. The quantitative estimate of drug-likeness (QED) is 0.228. The van der Waals surface area contributed by atoms with Gasteiger partial charge in [-0.3, -0.25) is 19.2 Å². The number of carbonyl (C=O) groups is 4. The van der Waals surface area contributed by atoms with E-state index in [0.717, 1.165) is 25.0 Å². The second-order valence-corrected chi connectivity index (χ2v) is 11.3. The molecule has 226 valence electrons. The van der Waals surface area contributed by atoms with E-state index < -0.39 is 48.7 Å². The number of halogens is 1. The zero-order chi connectivity index (χ0) is 30.9. The second-order valence-electron chi connectivity index (χ2n) is 11.3. The first-order chi connectivity index (χ1) is 19.7. The molecule has 1 heterocycles. The highest BCUT2D eigenvalue weighted by atomic mass is 19.1. The molecule has 2 aliphatic rings. The van der Waals surface area contributed by atoms with Gasteiger partial charge in [-0.2, -0.15) is 0 Å². The summed E-state index contributed by atoms with van der Waals surface area (Å²) in [6.45, 7) is 11.0. The van der Waals surface area contributed by atoms with Crippen molar-refractivity contribution in [1.29, 1.82) is 0 Å². The van der Waals surface area contributed by atoms with Crippen LogP contribution in [0.15, 0.2) is 42.5 Å². The highest BCUT2D eigenvalue weighted by Crippen LogP contribution is 2.59. The molecule has 0 bridgehead atoms. The first-order valence-electron chi connectivity index (χ1n) is 13.9. The summed E-state index contributed by atoms with van der Waals surface area (Å²) < 4.78 is 42.8. The summed E-state index contributed by atoms with van der Waals surface area (Å²) in [5.74, 6) is -1.11. The van der Waals surface area contributed by atoms with Crippen LogP contribution in [-0.4, -0.2) is 61.1 Å². The molecule has 9 nitrogen and oxygen atoms in total. The lowest BCUT2D eigenvalue weighted by atomic mass is 9.91. The molecule has 1 aliphatic carbocycles. The second kappa shape index (κ2) is 12.2. The molecule has 4 rings (SSSR count). The molecule has 0 aromatic heterocycles. The van der Waals surface area contributed by atoms with E-state index in [9.17, 15) is 19.2 Å². The van der Waals surface area contributed by atoms with Crippen LogP contribution >= 0.6 is 0 Å². The lowest BCUT2D eigenvalue weighted by molar-refractivity contribution is -0.271. The van der Waals surface area contributed by atoms with Crippen LogP contribution in [0.3, 0.4) is 0 Å². The molecule has 1 saturated heterocycles. The third-order valence-electron chi connectivity index (χ3n) is 8.53. The Kier molecular flexibility index (Phi) is 9.06. The van der Waals surface area contributed by atoms with Crippen molar-refractivity contribution in [3.8, 4) is 16.9 Å². The number of aryl methyl sites for hydroxylation is 1. The van der Waals surface area contributed by atoms with Gasteiger partial charge in [-0.05, 0) is 53.6 Å². The third kappa shape index (κ3) is 6.33. The topological polar surface area (TPSA) is 114 Å². The molecule has 7 atom stereocenters. The first-order valence-corrected chi connectivity index (χ1v) is 13.9. The minimum atomic E-state index is -2.04. The molecule has 0 spiro atoms. The van der Waals surface area contributed by atoms with Crippen LogP contribution in [-0.2, 0) is 33.3 Å². The maximum absolute atomic E-state index is 15.7. The summed E-state index contributed by atoms with van der Waals surface area (Å²) in [6, 6.07) is 12.8. The third-order valence-corrected chi connectivity index (χ3v) is 8.53. The molecular weight excluding hydrogens is 547 g/mol. The monoisotopic (exact) mass is 584 g/mol. The number of hydrogen-bond acceptors (Lipinski definition) is 9. The van der Waals surface area contributed by atoms with Crippen LogP contribution in [0.1, 0.15) is 57.5 Å². The van der Waals surface area contributed by atoms with Gasteiger partial charge in [0, 0.05) is 31.7 Å². The molecule has 0 amide bonds. The maximum atomic E-state index is 15.7. The van der Waals surface area contributed by atoms with E-state index in [1.54, 1.807) is 19.1 Å². The maximum Gasteiger partial charge on any atom is 0.303 e. The van der Waals surface area contributed by atoms with Gasteiger partial charge in [0.05, 0.1) is 0 Å².